The van der Waals surface area contributed by atoms with E-state index in [-0.39, 0.29) is 12.0 Å². The third kappa shape index (κ3) is 3.95. The molecule has 0 spiro atoms. The first-order chi connectivity index (χ1) is 11.3. The number of carbonyl (C=O) groups excluding carboxylic acids is 1. The van der Waals surface area contributed by atoms with Gasteiger partial charge in [0, 0.05) is 24.4 Å². The van der Waals surface area contributed by atoms with Crippen LogP contribution in [0.15, 0.2) is 59.5 Å². The summed E-state index contributed by atoms with van der Waals surface area (Å²) < 4.78 is 5.86. The maximum atomic E-state index is 12.8. The van der Waals surface area contributed by atoms with E-state index in [1.807, 2.05) is 53.6 Å². The van der Waals surface area contributed by atoms with Crippen molar-refractivity contribution in [2.75, 3.05) is 26.0 Å². The van der Waals surface area contributed by atoms with Crippen LogP contribution in [0.4, 0.5) is 0 Å². The van der Waals surface area contributed by atoms with Gasteiger partial charge >= 0.3 is 0 Å². The van der Waals surface area contributed by atoms with Gasteiger partial charge in [-0.3, -0.25) is 4.79 Å². The predicted molar refractivity (Wildman–Crippen MR) is 94.0 cm³/mol. The van der Waals surface area contributed by atoms with Crippen molar-refractivity contribution in [1.29, 1.82) is 0 Å². The molecule has 0 aromatic heterocycles. The molecule has 0 unspecified atom stereocenters. The quantitative estimate of drug-likeness (QED) is 0.805. The highest BCUT2D eigenvalue weighted by molar-refractivity contribution is 7.98. The molecule has 0 bridgehead atoms. The summed E-state index contributed by atoms with van der Waals surface area (Å²) >= 11 is 1.61. The second kappa shape index (κ2) is 7.66. The number of morpholine rings is 1. The summed E-state index contributed by atoms with van der Waals surface area (Å²) in [6.45, 7) is 1.91. The SMILES string of the molecule is CSc1ccccc1C(=O)N1CCO[C@@H](Cc2ccccc2)C1. The number of ether oxygens (including phenoxy) is 1. The zero-order valence-corrected chi connectivity index (χ0v) is 14.1. The number of nitrogens with zero attached hydrogens (tertiary/aromatic N) is 1. The Morgan fingerprint density at radius 2 is 1.91 bits per heavy atom. The van der Waals surface area contributed by atoms with Crippen LogP contribution in [0.25, 0.3) is 0 Å². The number of thioether (sulfide) groups is 1. The van der Waals surface area contributed by atoms with E-state index in [9.17, 15) is 4.79 Å². The van der Waals surface area contributed by atoms with Crippen molar-refractivity contribution in [2.45, 2.75) is 17.4 Å². The molecule has 0 N–H and O–H groups in total. The monoisotopic (exact) mass is 327 g/mol. The van der Waals surface area contributed by atoms with Crippen LogP contribution in [0.2, 0.25) is 0 Å². The van der Waals surface area contributed by atoms with Gasteiger partial charge in [0.05, 0.1) is 18.3 Å². The molecular weight excluding hydrogens is 306 g/mol. The minimum absolute atomic E-state index is 0.0662. The Bertz CT molecular complexity index is 659. The third-order valence-electron chi connectivity index (χ3n) is 4.07. The first kappa shape index (κ1) is 16.1. The number of hydrogen-bond acceptors (Lipinski definition) is 3. The number of amides is 1. The molecule has 4 heteroatoms. The summed E-state index contributed by atoms with van der Waals surface area (Å²) in [4.78, 5) is 15.8. The highest BCUT2D eigenvalue weighted by atomic mass is 32.2. The Kier molecular flexibility index (Phi) is 5.36. The summed E-state index contributed by atoms with van der Waals surface area (Å²) in [5.74, 6) is 0.108. The molecule has 2 aromatic carbocycles. The van der Waals surface area contributed by atoms with Gasteiger partial charge in [-0.25, -0.2) is 0 Å². The van der Waals surface area contributed by atoms with Crippen LogP contribution < -0.4 is 0 Å². The normalized spacial score (nSPS) is 18.0. The Labute approximate surface area is 141 Å². The summed E-state index contributed by atoms with van der Waals surface area (Å²) in [5, 5.41) is 0. The molecule has 1 amide bonds. The Balaban J connectivity index is 1.69. The lowest BCUT2D eigenvalue weighted by atomic mass is 10.1. The number of carbonyl (C=O) groups is 1. The maximum absolute atomic E-state index is 12.8. The van der Waals surface area contributed by atoms with E-state index in [0.29, 0.717) is 19.7 Å². The second-order valence-electron chi connectivity index (χ2n) is 5.63. The van der Waals surface area contributed by atoms with E-state index < -0.39 is 0 Å². The first-order valence-electron chi connectivity index (χ1n) is 7.86. The smallest absolute Gasteiger partial charge is 0.255 e. The molecule has 1 atom stereocenters. The number of hydrogen-bond donors (Lipinski definition) is 0. The van der Waals surface area contributed by atoms with E-state index in [1.165, 1.54) is 5.56 Å². The largest absolute Gasteiger partial charge is 0.374 e. The van der Waals surface area contributed by atoms with Crippen molar-refractivity contribution in [3.05, 3.63) is 65.7 Å². The van der Waals surface area contributed by atoms with Crippen molar-refractivity contribution < 1.29 is 9.53 Å². The van der Waals surface area contributed by atoms with E-state index in [1.54, 1.807) is 11.8 Å². The molecule has 3 rings (SSSR count). The fourth-order valence-corrected chi connectivity index (χ4v) is 3.49. The molecule has 0 saturated carbocycles. The lowest BCUT2D eigenvalue weighted by molar-refractivity contribution is -0.0209. The average molecular weight is 327 g/mol. The van der Waals surface area contributed by atoms with Crippen LogP contribution in [-0.2, 0) is 11.2 Å². The molecule has 1 fully saturated rings. The van der Waals surface area contributed by atoms with Crippen molar-refractivity contribution >= 4 is 17.7 Å². The van der Waals surface area contributed by atoms with Crippen LogP contribution >= 0.6 is 11.8 Å². The molecule has 120 valence electrons. The predicted octanol–water partition coefficient (Wildman–Crippen LogP) is 3.49. The van der Waals surface area contributed by atoms with Crippen LogP contribution in [0, 0.1) is 0 Å². The van der Waals surface area contributed by atoms with E-state index in [4.69, 9.17) is 4.74 Å². The summed E-state index contributed by atoms with van der Waals surface area (Å²) in [5.41, 5.74) is 2.04. The minimum atomic E-state index is 0.0662. The zero-order chi connectivity index (χ0) is 16.1. The van der Waals surface area contributed by atoms with Gasteiger partial charge in [0.1, 0.15) is 0 Å². The van der Waals surface area contributed by atoms with Gasteiger partial charge in [-0.1, -0.05) is 42.5 Å². The Morgan fingerprint density at radius 3 is 2.70 bits per heavy atom. The molecule has 0 radical (unpaired) electrons. The maximum Gasteiger partial charge on any atom is 0.255 e. The molecule has 0 aliphatic carbocycles. The highest BCUT2D eigenvalue weighted by Crippen LogP contribution is 2.22. The lowest BCUT2D eigenvalue weighted by Gasteiger charge is -2.33. The van der Waals surface area contributed by atoms with Crippen molar-refractivity contribution in [3.63, 3.8) is 0 Å². The van der Waals surface area contributed by atoms with Crippen molar-refractivity contribution in [1.82, 2.24) is 4.90 Å². The summed E-state index contributed by atoms with van der Waals surface area (Å²) in [6, 6.07) is 18.1. The average Bonchev–Trinajstić information content (AvgIpc) is 2.62. The summed E-state index contributed by atoms with van der Waals surface area (Å²) in [7, 11) is 0. The van der Waals surface area contributed by atoms with Gasteiger partial charge in [-0.05, 0) is 24.0 Å². The van der Waals surface area contributed by atoms with Crippen LogP contribution in [0.1, 0.15) is 15.9 Å². The van der Waals surface area contributed by atoms with Gasteiger partial charge in [0.25, 0.3) is 5.91 Å². The molecule has 2 aromatic rings. The summed E-state index contributed by atoms with van der Waals surface area (Å²) in [6.07, 6.45) is 2.91. The van der Waals surface area contributed by atoms with Crippen molar-refractivity contribution in [2.24, 2.45) is 0 Å². The highest BCUT2D eigenvalue weighted by Gasteiger charge is 2.26. The van der Waals surface area contributed by atoms with E-state index in [2.05, 4.69) is 12.1 Å². The van der Waals surface area contributed by atoms with Gasteiger partial charge < -0.3 is 9.64 Å². The molecule has 23 heavy (non-hydrogen) atoms. The fraction of sp³-hybridized carbons (Fsp3) is 0.316. The number of benzene rings is 2. The van der Waals surface area contributed by atoms with Gasteiger partial charge in [-0.15, -0.1) is 11.8 Å². The van der Waals surface area contributed by atoms with Gasteiger partial charge in [-0.2, -0.15) is 0 Å². The third-order valence-corrected chi connectivity index (χ3v) is 4.87. The molecule has 3 nitrogen and oxygen atoms in total. The van der Waals surface area contributed by atoms with Gasteiger partial charge in [0.15, 0.2) is 0 Å². The van der Waals surface area contributed by atoms with Crippen LogP contribution in [0.5, 0.6) is 0 Å². The first-order valence-corrected chi connectivity index (χ1v) is 9.08. The minimum Gasteiger partial charge on any atom is -0.374 e. The van der Waals surface area contributed by atoms with Crippen molar-refractivity contribution in [3.8, 4) is 0 Å². The molecular formula is C19H21NO2S. The molecule has 1 heterocycles. The van der Waals surface area contributed by atoms with Crippen LogP contribution in [0.3, 0.4) is 0 Å². The molecule has 1 saturated heterocycles. The van der Waals surface area contributed by atoms with E-state index in [0.717, 1.165) is 16.9 Å². The standard InChI is InChI=1S/C19H21NO2S/c1-23-18-10-6-5-9-17(18)19(21)20-11-12-22-16(14-20)13-15-7-3-2-4-8-15/h2-10,16H,11-14H2,1H3/t16-/m0/s1. The molecule has 1 aliphatic rings. The second-order valence-corrected chi connectivity index (χ2v) is 6.48. The van der Waals surface area contributed by atoms with E-state index >= 15 is 0 Å². The fourth-order valence-electron chi connectivity index (χ4n) is 2.90. The Morgan fingerprint density at radius 1 is 1.17 bits per heavy atom. The zero-order valence-electron chi connectivity index (χ0n) is 13.3. The lowest BCUT2D eigenvalue weighted by Crippen LogP contribution is -2.46. The molecule has 1 aliphatic heterocycles. The Hall–Kier alpha value is -1.78. The number of rotatable bonds is 4. The van der Waals surface area contributed by atoms with Gasteiger partial charge in [0.2, 0.25) is 0 Å². The topological polar surface area (TPSA) is 29.5 Å². The van der Waals surface area contributed by atoms with Crippen LogP contribution in [-0.4, -0.2) is 42.9 Å².